The molecular formula is C15H21F2NO. The molecule has 0 atom stereocenters. The van der Waals surface area contributed by atoms with Crippen molar-refractivity contribution < 1.29 is 13.6 Å². The van der Waals surface area contributed by atoms with Gasteiger partial charge in [-0.3, -0.25) is 4.79 Å². The van der Waals surface area contributed by atoms with Gasteiger partial charge in [-0.15, -0.1) is 0 Å². The quantitative estimate of drug-likeness (QED) is 0.709. The lowest BCUT2D eigenvalue weighted by molar-refractivity contribution is 0.0944. The van der Waals surface area contributed by atoms with Gasteiger partial charge in [0.25, 0.3) is 5.91 Å². The molecule has 2 nitrogen and oxygen atoms in total. The van der Waals surface area contributed by atoms with E-state index in [-0.39, 0.29) is 0 Å². The number of halogens is 2. The van der Waals surface area contributed by atoms with E-state index in [4.69, 9.17) is 0 Å². The van der Waals surface area contributed by atoms with E-state index in [1.165, 1.54) is 25.3 Å². The van der Waals surface area contributed by atoms with Crippen molar-refractivity contribution in [2.75, 3.05) is 6.54 Å². The normalized spacial score (nSPS) is 10.5. The van der Waals surface area contributed by atoms with Gasteiger partial charge in [0.05, 0.1) is 0 Å². The monoisotopic (exact) mass is 269 g/mol. The first-order valence-electron chi connectivity index (χ1n) is 6.89. The zero-order valence-electron chi connectivity index (χ0n) is 11.3. The second-order valence-corrected chi connectivity index (χ2v) is 4.62. The minimum Gasteiger partial charge on any atom is -0.352 e. The van der Waals surface area contributed by atoms with E-state index in [0.29, 0.717) is 6.54 Å². The number of unbranched alkanes of at least 4 members (excludes halogenated alkanes) is 5. The standard InChI is InChI=1S/C15H21F2NO/c1-2-3-4-5-6-7-11-18-15(19)14-12(16)9-8-10-13(14)17/h8-10H,2-7,11H2,1H3,(H,18,19). The summed E-state index contributed by atoms with van der Waals surface area (Å²) < 4.78 is 26.6. The maximum Gasteiger partial charge on any atom is 0.257 e. The van der Waals surface area contributed by atoms with Gasteiger partial charge in [0.2, 0.25) is 0 Å². The third kappa shape index (κ3) is 5.37. The molecule has 0 spiro atoms. The average Bonchev–Trinajstić information content (AvgIpc) is 2.37. The van der Waals surface area contributed by atoms with Crippen molar-refractivity contribution in [3.05, 3.63) is 35.4 Å². The predicted molar refractivity (Wildman–Crippen MR) is 72.1 cm³/mol. The second kappa shape index (κ2) is 8.62. The molecule has 1 aromatic carbocycles. The first kappa shape index (κ1) is 15.6. The topological polar surface area (TPSA) is 29.1 Å². The average molecular weight is 269 g/mol. The zero-order valence-corrected chi connectivity index (χ0v) is 11.3. The molecule has 0 aliphatic heterocycles. The molecule has 1 rings (SSSR count). The Kier molecular flexibility index (Phi) is 7.08. The van der Waals surface area contributed by atoms with Crippen LogP contribution in [0.2, 0.25) is 0 Å². The van der Waals surface area contributed by atoms with Crippen LogP contribution >= 0.6 is 0 Å². The zero-order chi connectivity index (χ0) is 14.1. The summed E-state index contributed by atoms with van der Waals surface area (Å²) in [4.78, 5) is 11.6. The summed E-state index contributed by atoms with van der Waals surface area (Å²) in [6.45, 7) is 2.61. The fraction of sp³-hybridized carbons (Fsp3) is 0.533. The van der Waals surface area contributed by atoms with Gasteiger partial charge >= 0.3 is 0 Å². The van der Waals surface area contributed by atoms with Gasteiger partial charge in [-0.05, 0) is 18.6 Å². The van der Waals surface area contributed by atoms with Crippen LogP contribution in [0.3, 0.4) is 0 Å². The van der Waals surface area contributed by atoms with Gasteiger partial charge < -0.3 is 5.32 Å². The highest BCUT2D eigenvalue weighted by Gasteiger charge is 2.15. The molecule has 0 aromatic heterocycles. The molecule has 4 heteroatoms. The molecule has 0 bridgehead atoms. The van der Waals surface area contributed by atoms with Gasteiger partial charge in [-0.2, -0.15) is 0 Å². The van der Waals surface area contributed by atoms with Crippen molar-refractivity contribution in [1.29, 1.82) is 0 Å². The molecule has 1 N–H and O–H groups in total. The van der Waals surface area contributed by atoms with E-state index in [1.54, 1.807) is 0 Å². The Morgan fingerprint density at radius 1 is 1.05 bits per heavy atom. The number of amides is 1. The van der Waals surface area contributed by atoms with E-state index < -0.39 is 23.1 Å². The minimum absolute atomic E-state index is 0.457. The lowest BCUT2D eigenvalue weighted by atomic mass is 10.1. The number of hydrogen-bond donors (Lipinski definition) is 1. The Labute approximate surface area is 113 Å². The number of hydrogen-bond acceptors (Lipinski definition) is 1. The highest BCUT2D eigenvalue weighted by atomic mass is 19.1. The molecule has 19 heavy (non-hydrogen) atoms. The molecule has 0 radical (unpaired) electrons. The summed E-state index contributed by atoms with van der Waals surface area (Å²) in [5, 5.41) is 2.55. The van der Waals surface area contributed by atoms with Crippen LogP contribution in [-0.2, 0) is 0 Å². The summed E-state index contributed by atoms with van der Waals surface area (Å²) in [7, 11) is 0. The van der Waals surface area contributed by atoms with Crippen molar-refractivity contribution in [2.24, 2.45) is 0 Å². The van der Waals surface area contributed by atoms with E-state index in [1.807, 2.05) is 0 Å². The molecule has 0 aliphatic carbocycles. The van der Waals surface area contributed by atoms with Gasteiger partial charge in [-0.25, -0.2) is 8.78 Å². The number of nitrogens with one attached hydrogen (secondary N) is 1. The first-order valence-corrected chi connectivity index (χ1v) is 6.89. The molecule has 0 aliphatic rings. The molecule has 106 valence electrons. The SMILES string of the molecule is CCCCCCCCNC(=O)c1c(F)cccc1F. The van der Waals surface area contributed by atoms with Crippen LogP contribution in [0.4, 0.5) is 8.78 Å². The highest BCUT2D eigenvalue weighted by Crippen LogP contribution is 2.11. The second-order valence-electron chi connectivity index (χ2n) is 4.62. The van der Waals surface area contributed by atoms with Crippen molar-refractivity contribution in [3.8, 4) is 0 Å². The summed E-state index contributed by atoms with van der Waals surface area (Å²) in [5.41, 5.74) is -0.492. The summed E-state index contributed by atoms with van der Waals surface area (Å²) in [5.74, 6) is -2.31. The van der Waals surface area contributed by atoms with Gasteiger partial charge in [-0.1, -0.05) is 45.1 Å². The van der Waals surface area contributed by atoms with Crippen molar-refractivity contribution in [3.63, 3.8) is 0 Å². The van der Waals surface area contributed by atoms with Crippen molar-refractivity contribution in [1.82, 2.24) is 5.32 Å². The fourth-order valence-corrected chi connectivity index (χ4v) is 1.91. The number of carbonyl (C=O) groups is 1. The Hall–Kier alpha value is -1.45. The van der Waals surface area contributed by atoms with Crippen molar-refractivity contribution >= 4 is 5.91 Å². The van der Waals surface area contributed by atoms with Crippen LogP contribution in [0.1, 0.15) is 55.8 Å². The molecule has 0 heterocycles. The molecule has 0 unspecified atom stereocenters. The first-order chi connectivity index (χ1) is 9.16. The van der Waals surface area contributed by atoms with E-state index in [2.05, 4.69) is 12.2 Å². The molecule has 0 fully saturated rings. The summed E-state index contributed by atoms with van der Waals surface area (Å²) in [6, 6.07) is 3.42. The smallest absolute Gasteiger partial charge is 0.257 e. The van der Waals surface area contributed by atoms with Crippen LogP contribution in [0.5, 0.6) is 0 Å². The number of rotatable bonds is 8. The lowest BCUT2D eigenvalue weighted by Gasteiger charge is -2.07. The minimum atomic E-state index is -0.819. The van der Waals surface area contributed by atoms with Crippen molar-refractivity contribution in [2.45, 2.75) is 45.4 Å². The molecular weight excluding hydrogens is 248 g/mol. The maximum atomic E-state index is 13.3. The molecule has 0 saturated carbocycles. The Bertz CT molecular complexity index is 387. The summed E-state index contributed by atoms with van der Waals surface area (Å²) >= 11 is 0. The molecule has 1 amide bonds. The van der Waals surface area contributed by atoms with Crippen LogP contribution in [0.15, 0.2) is 18.2 Å². The van der Waals surface area contributed by atoms with E-state index >= 15 is 0 Å². The van der Waals surface area contributed by atoms with Crippen LogP contribution in [0, 0.1) is 11.6 Å². The Balaban J connectivity index is 2.28. The lowest BCUT2D eigenvalue weighted by Crippen LogP contribution is -2.26. The maximum absolute atomic E-state index is 13.3. The number of benzene rings is 1. The van der Waals surface area contributed by atoms with Gasteiger partial charge in [0, 0.05) is 6.54 Å². The summed E-state index contributed by atoms with van der Waals surface area (Å²) in [6.07, 6.45) is 6.63. The van der Waals surface area contributed by atoms with Crippen LogP contribution < -0.4 is 5.32 Å². The van der Waals surface area contributed by atoms with Crippen LogP contribution in [-0.4, -0.2) is 12.5 Å². The molecule has 1 aromatic rings. The van der Waals surface area contributed by atoms with E-state index in [0.717, 1.165) is 31.4 Å². The largest absolute Gasteiger partial charge is 0.352 e. The number of carbonyl (C=O) groups excluding carboxylic acids is 1. The fourth-order valence-electron chi connectivity index (χ4n) is 1.91. The van der Waals surface area contributed by atoms with Gasteiger partial charge in [0.1, 0.15) is 17.2 Å². The highest BCUT2D eigenvalue weighted by molar-refractivity contribution is 5.94. The van der Waals surface area contributed by atoms with Crippen LogP contribution in [0.25, 0.3) is 0 Å². The Morgan fingerprint density at radius 2 is 1.63 bits per heavy atom. The van der Waals surface area contributed by atoms with Gasteiger partial charge in [0.15, 0.2) is 0 Å². The third-order valence-electron chi connectivity index (χ3n) is 3.01. The predicted octanol–water partition coefficient (Wildman–Crippen LogP) is 4.06. The molecule has 0 saturated heterocycles. The van der Waals surface area contributed by atoms with E-state index in [9.17, 15) is 13.6 Å². The Morgan fingerprint density at radius 3 is 2.26 bits per heavy atom. The third-order valence-corrected chi connectivity index (χ3v) is 3.01.